The van der Waals surface area contributed by atoms with Gasteiger partial charge in [0, 0.05) is 11.0 Å². The van der Waals surface area contributed by atoms with E-state index in [2.05, 4.69) is 46.8 Å². The van der Waals surface area contributed by atoms with Gasteiger partial charge in [0.1, 0.15) is 12.4 Å². The van der Waals surface area contributed by atoms with E-state index in [1.54, 1.807) is 0 Å². The molecule has 0 heterocycles. The summed E-state index contributed by atoms with van der Waals surface area (Å²) >= 11 is 3.47. The fourth-order valence-corrected chi connectivity index (χ4v) is 2.14. The maximum absolute atomic E-state index is 5.77. The van der Waals surface area contributed by atoms with Crippen LogP contribution in [0.5, 0.6) is 5.75 Å². The fraction of sp³-hybridized carbons (Fsp3) is 0.500. The third-order valence-electron chi connectivity index (χ3n) is 2.21. The smallest absolute Gasteiger partial charge is 0.125 e. The lowest BCUT2D eigenvalue weighted by atomic mass is 10.1. The molecule has 0 atom stereocenters. The average Bonchev–Trinajstić information content (AvgIpc) is 2.08. The number of benzene rings is 1. The van der Waals surface area contributed by atoms with Crippen LogP contribution in [0.25, 0.3) is 0 Å². The van der Waals surface area contributed by atoms with Crippen LogP contribution in [-0.2, 0) is 0 Å². The second kappa shape index (κ2) is 5.52. The summed E-state index contributed by atoms with van der Waals surface area (Å²) in [4.78, 5) is 2.11. The van der Waals surface area contributed by atoms with Crippen molar-refractivity contribution in [2.24, 2.45) is 0 Å². The fourth-order valence-electron chi connectivity index (χ4n) is 1.46. The number of nitrogens with zero attached hydrogens (tertiary/aromatic N) is 1. The van der Waals surface area contributed by atoms with Crippen LogP contribution in [0.15, 0.2) is 16.6 Å². The molecule has 0 aliphatic carbocycles. The van der Waals surface area contributed by atoms with E-state index in [9.17, 15) is 0 Å². The molecular formula is C12H18BrNO. The van der Waals surface area contributed by atoms with Gasteiger partial charge in [-0.3, -0.25) is 0 Å². The highest BCUT2D eigenvalue weighted by molar-refractivity contribution is 9.10. The van der Waals surface area contributed by atoms with Gasteiger partial charge in [-0.1, -0.05) is 15.9 Å². The topological polar surface area (TPSA) is 12.5 Å². The van der Waals surface area contributed by atoms with Gasteiger partial charge < -0.3 is 9.64 Å². The van der Waals surface area contributed by atoms with E-state index >= 15 is 0 Å². The highest BCUT2D eigenvalue weighted by atomic mass is 79.9. The van der Waals surface area contributed by atoms with E-state index in [0.29, 0.717) is 0 Å². The predicted molar refractivity (Wildman–Crippen MR) is 67.7 cm³/mol. The normalized spacial score (nSPS) is 10.8. The van der Waals surface area contributed by atoms with E-state index in [0.717, 1.165) is 23.4 Å². The van der Waals surface area contributed by atoms with Crippen molar-refractivity contribution in [3.63, 3.8) is 0 Å². The Balaban J connectivity index is 2.68. The number of hydrogen-bond acceptors (Lipinski definition) is 2. The third kappa shape index (κ3) is 3.84. The van der Waals surface area contributed by atoms with Crippen molar-refractivity contribution in [2.75, 3.05) is 27.2 Å². The molecule has 0 aliphatic heterocycles. The van der Waals surface area contributed by atoms with Crippen LogP contribution < -0.4 is 4.74 Å². The van der Waals surface area contributed by atoms with Crippen molar-refractivity contribution in [1.82, 2.24) is 4.90 Å². The van der Waals surface area contributed by atoms with Crippen LogP contribution in [0.4, 0.5) is 0 Å². The molecule has 0 saturated carbocycles. The molecule has 0 bridgehead atoms. The Morgan fingerprint density at radius 1 is 1.20 bits per heavy atom. The number of hydrogen-bond donors (Lipinski definition) is 0. The SMILES string of the molecule is Cc1cc(Br)cc(C)c1OCCN(C)C. The molecule has 0 N–H and O–H groups in total. The molecule has 0 saturated heterocycles. The number of rotatable bonds is 4. The van der Waals surface area contributed by atoms with Crippen LogP contribution in [-0.4, -0.2) is 32.1 Å². The van der Waals surface area contributed by atoms with Gasteiger partial charge in [-0.05, 0) is 51.2 Å². The van der Waals surface area contributed by atoms with Gasteiger partial charge in [0.25, 0.3) is 0 Å². The zero-order chi connectivity index (χ0) is 11.4. The quantitative estimate of drug-likeness (QED) is 0.835. The lowest BCUT2D eigenvalue weighted by Crippen LogP contribution is -2.19. The lowest BCUT2D eigenvalue weighted by Gasteiger charge is -2.15. The van der Waals surface area contributed by atoms with Crippen molar-refractivity contribution in [3.05, 3.63) is 27.7 Å². The Kier molecular flexibility index (Phi) is 4.61. The Morgan fingerprint density at radius 3 is 2.20 bits per heavy atom. The van der Waals surface area contributed by atoms with E-state index in [1.165, 1.54) is 11.1 Å². The molecule has 2 nitrogen and oxygen atoms in total. The van der Waals surface area contributed by atoms with Crippen LogP contribution in [0, 0.1) is 13.8 Å². The summed E-state index contributed by atoms with van der Waals surface area (Å²) in [5.74, 6) is 1.01. The standard InChI is InChI=1S/C12H18BrNO/c1-9-7-11(13)8-10(2)12(9)15-6-5-14(3)4/h7-8H,5-6H2,1-4H3. The monoisotopic (exact) mass is 271 g/mol. The molecule has 3 heteroatoms. The first-order valence-corrected chi connectivity index (χ1v) is 5.84. The number of ether oxygens (including phenoxy) is 1. The first-order valence-electron chi connectivity index (χ1n) is 5.05. The molecular weight excluding hydrogens is 254 g/mol. The summed E-state index contributed by atoms with van der Waals surface area (Å²) in [6.45, 7) is 5.82. The molecule has 0 fully saturated rings. The molecule has 1 aromatic rings. The zero-order valence-corrected chi connectivity index (χ0v) is 11.4. The zero-order valence-electron chi connectivity index (χ0n) is 9.80. The van der Waals surface area contributed by atoms with Gasteiger partial charge in [0.2, 0.25) is 0 Å². The summed E-state index contributed by atoms with van der Waals surface area (Å²) in [7, 11) is 4.09. The van der Waals surface area contributed by atoms with Crippen molar-refractivity contribution < 1.29 is 4.74 Å². The van der Waals surface area contributed by atoms with E-state index in [1.807, 2.05) is 14.1 Å². The van der Waals surface area contributed by atoms with Gasteiger partial charge >= 0.3 is 0 Å². The molecule has 0 spiro atoms. The van der Waals surface area contributed by atoms with Crippen molar-refractivity contribution >= 4 is 15.9 Å². The van der Waals surface area contributed by atoms with Crippen LogP contribution in [0.3, 0.4) is 0 Å². The molecule has 0 radical (unpaired) electrons. The van der Waals surface area contributed by atoms with Gasteiger partial charge in [-0.25, -0.2) is 0 Å². The maximum Gasteiger partial charge on any atom is 0.125 e. The number of halogens is 1. The Labute approximate surface area is 100 Å². The van der Waals surface area contributed by atoms with Crippen molar-refractivity contribution in [2.45, 2.75) is 13.8 Å². The van der Waals surface area contributed by atoms with E-state index < -0.39 is 0 Å². The van der Waals surface area contributed by atoms with E-state index in [-0.39, 0.29) is 0 Å². The first-order chi connectivity index (χ1) is 7.00. The number of aryl methyl sites for hydroxylation is 2. The molecule has 1 aromatic carbocycles. The van der Waals surface area contributed by atoms with Gasteiger partial charge in [0.15, 0.2) is 0 Å². The largest absolute Gasteiger partial charge is 0.492 e. The summed E-state index contributed by atoms with van der Waals surface area (Å²) in [5, 5.41) is 0. The van der Waals surface area contributed by atoms with E-state index in [4.69, 9.17) is 4.74 Å². The van der Waals surface area contributed by atoms with Gasteiger partial charge in [-0.15, -0.1) is 0 Å². The Hall–Kier alpha value is -0.540. The van der Waals surface area contributed by atoms with Gasteiger partial charge in [0.05, 0.1) is 0 Å². The summed E-state index contributed by atoms with van der Waals surface area (Å²) < 4.78 is 6.88. The molecule has 0 unspecified atom stereocenters. The molecule has 1 rings (SSSR count). The summed E-state index contributed by atoms with van der Waals surface area (Å²) in [6, 6.07) is 4.16. The maximum atomic E-state index is 5.77. The van der Waals surface area contributed by atoms with Crippen LogP contribution >= 0.6 is 15.9 Å². The molecule has 84 valence electrons. The molecule has 0 amide bonds. The van der Waals surface area contributed by atoms with Gasteiger partial charge in [-0.2, -0.15) is 0 Å². The lowest BCUT2D eigenvalue weighted by molar-refractivity contribution is 0.259. The minimum absolute atomic E-state index is 0.732. The van der Waals surface area contributed by atoms with Crippen molar-refractivity contribution in [3.8, 4) is 5.75 Å². The third-order valence-corrected chi connectivity index (χ3v) is 2.67. The number of likely N-dealkylation sites (N-methyl/N-ethyl adjacent to an activating group) is 1. The Morgan fingerprint density at radius 2 is 1.73 bits per heavy atom. The minimum Gasteiger partial charge on any atom is -0.492 e. The minimum atomic E-state index is 0.732. The summed E-state index contributed by atoms with van der Waals surface area (Å²) in [5.41, 5.74) is 2.36. The highest BCUT2D eigenvalue weighted by Crippen LogP contribution is 2.27. The molecule has 15 heavy (non-hydrogen) atoms. The van der Waals surface area contributed by atoms with Crippen LogP contribution in [0.2, 0.25) is 0 Å². The van der Waals surface area contributed by atoms with Crippen LogP contribution in [0.1, 0.15) is 11.1 Å². The Bertz CT molecular complexity index is 313. The average molecular weight is 272 g/mol. The molecule has 0 aliphatic rings. The predicted octanol–water partition coefficient (Wildman–Crippen LogP) is 3.01. The molecule has 0 aromatic heterocycles. The summed E-state index contributed by atoms with van der Waals surface area (Å²) in [6.07, 6.45) is 0. The van der Waals surface area contributed by atoms with Crippen molar-refractivity contribution in [1.29, 1.82) is 0 Å². The highest BCUT2D eigenvalue weighted by Gasteiger charge is 2.05. The first kappa shape index (κ1) is 12.5. The second-order valence-corrected chi connectivity index (χ2v) is 4.94. The second-order valence-electron chi connectivity index (χ2n) is 4.02.